The van der Waals surface area contributed by atoms with Crippen molar-refractivity contribution in [2.24, 2.45) is 0 Å². The number of hydrogen-bond acceptors (Lipinski definition) is 3. The van der Waals surface area contributed by atoms with Gasteiger partial charge in [-0.25, -0.2) is 13.6 Å². The fourth-order valence-corrected chi connectivity index (χ4v) is 2.47. The van der Waals surface area contributed by atoms with Crippen molar-refractivity contribution in [1.29, 1.82) is 0 Å². The zero-order valence-electron chi connectivity index (χ0n) is 12.3. The van der Waals surface area contributed by atoms with E-state index < -0.39 is 41.0 Å². The normalized spacial score (nSPS) is 13.3. The zero-order valence-corrected chi connectivity index (χ0v) is 13.1. The summed E-state index contributed by atoms with van der Waals surface area (Å²) in [6.45, 7) is 0. The number of carboxylic acids is 1. The minimum Gasteiger partial charge on any atom is -0.479 e. The van der Waals surface area contributed by atoms with Gasteiger partial charge in [-0.1, -0.05) is 29.8 Å². The maximum atomic E-state index is 13.8. The van der Waals surface area contributed by atoms with Crippen LogP contribution in [0.2, 0.25) is 5.02 Å². The van der Waals surface area contributed by atoms with Crippen molar-refractivity contribution < 1.29 is 28.6 Å². The standard InChI is InChI=1S/C17H13ClF2O4/c18-11-6-4-10(5-7-11)8-12(21)9-17(24,16(22)23)15-13(19)2-1-3-14(15)20/h1-7,24H,8-9H2,(H,22,23). The van der Waals surface area contributed by atoms with E-state index >= 15 is 0 Å². The number of benzene rings is 2. The second-order valence-corrected chi connectivity index (χ2v) is 5.72. The summed E-state index contributed by atoms with van der Waals surface area (Å²) in [4.78, 5) is 23.5. The topological polar surface area (TPSA) is 74.6 Å². The molecule has 1 atom stereocenters. The van der Waals surface area contributed by atoms with Crippen LogP contribution in [-0.4, -0.2) is 22.0 Å². The average Bonchev–Trinajstić information content (AvgIpc) is 2.49. The van der Waals surface area contributed by atoms with Gasteiger partial charge in [0.05, 0.1) is 12.0 Å². The number of carbonyl (C=O) groups excluding carboxylic acids is 1. The molecule has 0 radical (unpaired) electrons. The summed E-state index contributed by atoms with van der Waals surface area (Å²) in [5.74, 6) is -5.07. The number of rotatable bonds is 6. The fraction of sp³-hybridized carbons (Fsp3) is 0.176. The second kappa shape index (κ2) is 7.07. The quantitative estimate of drug-likeness (QED) is 0.836. The van der Waals surface area contributed by atoms with Gasteiger partial charge in [-0.05, 0) is 29.8 Å². The Bertz CT molecular complexity index is 756. The molecule has 0 aliphatic heterocycles. The predicted molar refractivity (Wildman–Crippen MR) is 82.7 cm³/mol. The Labute approximate surface area is 141 Å². The molecule has 4 nitrogen and oxygen atoms in total. The van der Waals surface area contributed by atoms with Gasteiger partial charge in [0.15, 0.2) is 5.60 Å². The number of aliphatic hydroxyl groups is 1. The number of carbonyl (C=O) groups is 2. The van der Waals surface area contributed by atoms with E-state index in [1.807, 2.05) is 0 Å². The van der Waals surface area contributed by atoms with Gasteiger partial charge in [-0.3, -0.25) is 4.79 Å². The molecule has 7 heteroatoms. The van der Waals surface area contributed by atoms with E-state index in [0.717, 1.165) is 18.2 Å². The van der Waals surface area contributed by atoms with E-state index in [1.165, 1.54) is 0 Å². The third-order valence-corrected chi connectivity index (χ3v) is 3.75. The van der Waals surface area contributed by atoms with E-state index in [4.69, 9.17) is 11.6 Å². The summed E-state index contributed by atoms with van der Waals surface area (Å²) in [7, 11) is 0. The molecule has 2 aromatic carbocycles. The van der Waals surface area contributed by atoms with Crippen molar-refractivity contribution in [3.63, 3.8) is 0 Å². The number of aliphatic carboxylic acids is 1. The molecule has 2 rings (SSSR count). The van der Waals surface area contributed by atoms with Gasteiger partial charge in [-0.2, -0.15) is 0 Å². The molecular weight excluding hydrogens is 342 g/mol. The largest absolute Gasteiger partial charge is 0.479 e. The fourth-order valence-electron chi connectivity index (χ4n) is 2.34. The highest BCUT2D eigenvalue weighted by Crippen LogP contribution is 2.31. The number of carboxylic acid groups (broad SMARTS) is 1. The van der Waals surface area contributed by atoms with Crippen molar-refractivity contribution in [2.45, 2.75) is 18.4 Å². The average molecular weight is 355 g/mol. The van der Waals surface area contributed by atoms with Crippen molar-refractivity contribution in [1.82, 2.24) is 0 Å². The van der Waals surface area contributed by atoms with E-state index in [2.05, 4.69) is 0 Å². The smallest absolute Gasteiger partial charge is 0.341 e. The van der Waals surface area contributed by atoms with E-state index in [1.54, 1.807) is 24.3 Å². The Balaban J connectivity index is 2.29. The Morgan fingerprint density at radius 3 is 2.08 bits per heavy atom. The molecule has 0 aromatic heterocycles. The van der Waals surface area contributed by atoms with Crippen molar-refractivity contribution in [3.8, 4) is 0 Å². The molecule has 126 valence electrons. The van der Waals surface area contributed by atoms with Crippen LogP contribution >= 0.6 is 11.6 Å². The van der Waals surface area contributed by atoms with Crippen LogP contribution in [0, 0.1) is 11.6 Å². The lowest BCUT2D eigenvalue weighted by Gasteiger charge is -2.24. The highest BCUT2D eigenvalue weighted by molar-refractivity contribution is 6.30. The van der Waals surface area contributed by atoms with Gasteiger partial charge in [-0.15, -0.1) is 0 Å². The first kappa shape index (κ1) is 18.0. The molecule has 0 amide bonds. The lowest BCUT2D eigenvalue weighted by Crippen LogP contribution is -2.40. The van der Waals surface area contributed by atoms with Gasteiger partial charge in [0.25, 0.3) is 0 Å². The van der Waals surface area contributed by atoms with Gasteiger partial charge >= 0.3 is 5.97 Å². The summed E-state index contributed by atoms with van der Waals surface area (Å²) in [5, 5.41) is 20.0. The predicted octanol–water partition coefficient (Wildman–Crippen LogP) is 3.09. The number of Topliss-reactive ketones (excluding diaryl/α,β-unsaturated/α-hetero) is 1. The molecular formula is C17H13ClF2O4. The molecule has 24 heavy (non-hydrogen) atoms. The maximum absolute atomic E-state index is 13.8. The lowest BCUT2D eigenvalue weighted by molar-refractivity contribution is -0.163. The minimum atomic E-state index is -2.99. The van der Waals surface area contributed by atoms with Crippen LogP contribution in [0.25, 0.3) is 0 Å². The SMILES string of the molecule is O=C(Cc1ccc(Cl)cc1)CC(O)(C(=O)O)c1c(F)cccc1F. The molecule has 0 heterocycles. The summed E-state index contributed by atoms with van der Waals surface area (Å²) < 4.78 is 27.7. The molecule has 2 N–H and O–H groups in total. The molecule has 0 bridgehead atoms. The zero-order chi connectivity index (χ0) is 17.9. The molecule has 0 aliphatic rings. The van der Waals surface area contributed by atoms with Crippen LogP contribution in [0.3, 0.4) is 0 Å². The van der Waals surface area contributed by atoms with Crippen LogP contribution in [0.1, 0.15) is 17.5 Å². The van der Waals surface area contributed by atoms with Crippen molar-refractivity contribution in [2.75, 3.05) is 0 Å². The van der Waals surface area contributed by atoms with E-state index in [-0.39, 0.29) is 6.42 Å². The van der Waals surface area contributed by atoms with Crippen LogP contribution in [-0.2, 0) is 21.6 Å². The Kier molecular flexibility index (Phi) is 5.31. The first-order valence-electron chi connectivity index (χ1n) is 6.90. The third kappa shape index (κ3) is 3.77. The van der Waals surface area contributed by atoms with E-state index in [9.17, 15) is 28.6 Å². The Morgan fingerprint density at radius 2 is 1.58 bits per heavy atom. The van der Waals surface area contributed by atoms with Crippen LogP contribution in [0.4, 0.5) is 8.78 Å². The Hall–Kier alpha value is -2.31. The summed E-state index contributed by atoms with van der Waals surface area (Å²) in [6, 6.07) is 8.87. The molecule has 0 spiro atoms. The van der Waals surface area contributed by atoms with Crippen LogP contribution < -0.4 is 0 Å². The lowest BCUT2D eigenvalue weighted by atomic mass is 9.86. The molecule has 2 aromatic rings. The first-order valence-corrected chi connectivity index (χ1v) is 7.28. The number of hydrogen-bond donors (Lipinski definition) is 2. The van der Waals surface area contributed by atoms with Gasteiger partial charge in [0.2, 0.25) is 0 Å². The van der Waals surface area contributed by atoms with Gasteiger partial charge < -0.3 is 10.2 Å². The minimum absolute atomic E-state index is 0.206. The van der Waals surface area contributed by atoms with Crippen molar-refractivity contribution in [3.05, 3.63) is 70.2 Å². The first-order chi connectivity index (χ1) is 11.2. The van der Waals surface area contributed by atoms with Gasteiger partial charge in [0, 0.05) is 11.4 Å². The highest BCUT2D eigenvalue weighted by Gasteiger charge is 2.44. The highest BCUT2D eigenvalue weighted by atomic mass is 35.5. The summed E-state index contributed by atoms with van der Waals surface area (Å²) >= 11 is 5.73. The van der Waals surface area contributed by atoms with E-state index in [0.29, 0.717) is 10.6 Å². The van der Waals surface area contributed by atoms with Gasteiger partial charge in [0.1, 0.15) is 17.4 Å². The van der Waals surface area contributed by atoms with Crippen LogP contribution in [0.15, 0.2) is 42.5 Å². The summed E-state index contributed by atoms with van der Waals surface area (Å²) in [5.41, 5.74) is -3.51. The van der Waals surface area contributed by atoms with Crippen LogP contribution in [0.5, 0.6) is 0 Å². The third-order valence-electron chi connectivity index (χ3n) is 3.50. The number of halogens is 3. The van der Waals surface area contributed by atoms with Crippen molar-refractivity contribution >= 4 is 23.4 Å². The summed E-state index contributed by atoms with van der Waals surface area (Å²) in [6.07, 6.45) is -1.17. The molecule has 0 saturated carbocycles. The number of ketones is 1. The molecule has 1 unspecified atom stereocenters. The molecule has 0 saturated heterocycles. The maximum Gasteiger partial charge on any atom is 0.341 e. The molecule has 0 aliphatic carbocycles. The second-order valence-electron chi connectivity index (χ2n) is 5.28. The Morgan fingerprint density at radius 1 is 1.04 bits per heavy atom. The molecule has 0 fully saturated rings. The monoisotopic (exact) mass is 354 g/mol.